The summed E-state index contributed by atoms with van der Waals surface area (Å²) in [7, 11) is 0. The number of halogens is 1. The van der Waals surface area contributed by atoms with Crippen LogP contribution in [0.1, 0.15) is 0 Å². The third-order valence-electron chi connectivity index (χ3n) is 1.05. The first kappa shape index (κ1) is 7.39. The van der Waals surface area contributed by atoms with Crippen LogP contribution in [0.5, 0.6) is 0 Å². The maximum absolute atomic E-state index is 12.2. The normalized spacial score (nSPS) is 9.55. The van der Waals surface area contributed by atoms with Crippen LogP contribution in [-0.4, -0.2) is 4.92 Å². The van der Waals surface area contributed by atoms with Crippen molar-refractivity contribution in [2.45, 2.75) is 0 Å². The van der Waals surface area contributed by atoms with Gasteiger partial charge in [-0.3, -0.25) is 10.1 Å². The summed E-state index contributed by atoms with van der Waals surface area (Å²) in [5.74, 6) is -1.49. The van der Waals surface area contributed by atoms with E-state index in [1.165, 1.54) is 0 Å². The van der Waals surface area contributed by atoms with Gasteiger partial charge in [-0.25, -0.2) is 4.39 Å². The van der Waals surface area contributed by atoms with E-state index >= 15 is 0 Å². The molecule has 0 aliphatic heterocycles. The van der Waals surface area contributed by atoms with Gasteiger partial charge in [0, 0.05) is 0 Å². The molecule has 0 spiro atoms. The summed E-state index contributed by atoms with van der Waals surface area (Å²) < 4.78 is 12.0. The molecule has 0 aromatic carbocycles. The van der Waals surface area contributed by atoms with E-state index in [2.05, 4.69) is 0 Å². The molecule has 58 valence electrons. The van der Waals surface area contributed by atoms with Crippen LogP contribution in [0.4, 0.5) is 10.2 Å². The highest BCUT2D eigenvalue weighted by molar-refractivity contribution is 5.10. The third-order valence-corrected chi connectivity index (χ3v) is 1.05. The molecule has 5 nitrogen and oxygen atoms in total. The number of nitro groups is 1. The highest BCUT2D eigenvalue weighted by Crippen LogP contribution is 2.02. The van der Waals surface area contributed by atoms with E-state index in [1.54, 1.807) is 0 Å². The van der Waals surface area contributed by atoms with Gasteiger partial charge >= 0.3 is 5.82 Å². The molecule has 6 heteroatoms. The Balaban J connectivity index is 3.20. The molecule has 0 bridgehead atoms. The summed E-state index contributed by atoms with van der Waals surface area (Å²) in [5.41, 5.74) is 0. The smallest absolute Gasteiger partial charge is 0.512 e. The van der Waals surface area contributed by atoms with Gasteiger partial charge < -0.3 is 5.21 Å². The van der Waals surface area contributed by atoms with Crippen molar-refractivity contribution in [3.05, 3.63) is 39.5 Å². The Morgan fingerprint density at radius 3 is 2.64 bits per heavy atom. The topological polar surface area (TPSA) is 70.1 Å². The summed E-state index contributed by atoms with van der Waals surface area (Å²) in [6.45, 7) is 0. The van der Waals surface area contributed by atoms with E-state index in [4.69, 9.17) is 0 Å². The summed E-state index contributed by atoms with van der Waals surface area (Å²) in [5, 5.41) is 20.5. The van der Waals surface area contributed by atoms with E-state index in [-0.39, 0.29) is 4.73 Å². The largest absolute Gasteiger partial charge is 0.614 e. The van der Waals surface area contributed by atoms with Crippen LogP contribution in [0.15, 0.2) is 18.3 Å². The lowest BCUT2D eigenvalue weighted by Crippen LogP contribution is -2.29. The summed E-state index contributed by atoms with van der Waals surface area (Å²) >= 11 is 0. The zero-order valence-corrected chi connectivity index (χ0v) is 5.23. The van der Waals surface area contributed by atoms with E-state index in [9.17, 15) is 19.7 Å². The average Bonchev–Trinajstić information content (AvgIpc) is 1.85. The fourth-order valence-corrected chi connectivity index (χ4v) is 0.590. The molecular weight excluding hydrogens is 155 g/mol. The van der Waals surface area contributed by atoms with Crippen LogP contribution in [0.25, 0.3) is 0 Å². The third kappa shape index (κ3) is 1.40. The molecule has 0 aliphatic rings. The summed E-state index contributed by atoms with van der Waals surface area (Å²) in [6, 6.07) is 1.66. The van der Waals surface area contributed by atoms with Gasteiger partial charge in [-0.1, -0.05) is 0 Å². The minimum absolute atomic E-state index is 0.130. The SMILES string of the molecule is O=[N+]([O-])c1ccc(F)c[n+]1[O-]. The quantitative estimate of drug-likeness (QED) is 0.256. The molecule has 0 aliphatic carbocycles. The minimum Gasteiger partial charge on any atom is -0.614 e. The highest BCUT2D eigenvalue weighted by atomic mass is 19.1. The van der Waals surface area contributed by atoms with Crippen LogP contribution >= 0.6 is 0 Å². The van der Waals surface area contributed by atoms with Crippen molar-refractivity contribution < 1.29 is 14.0 Å². The second-order valence-corrected chi connectivity index (χ2v) is 1.79. The van der Waals surface area contributed by atoms with Gasteiger partial charge in [0.15, 0.2) is 5.82 Å². The summed E-state index contributed by atoms with van der Waals surface area (Å²) in [6.07, 6.45) is 0.498. The zero-order valence-electron chi connectivity index (χ0n) is 5.23. The first-order valence-corrected chi connectivity index (χ1v) is 2.64. The first-order valence-electron chi connectivity index (χ1n) is 2.64. The fraction of sp³-hybridized carbons (Fsp3) is 0. The van der Waals surface area contributed by atoms with E-state index in [1.807, 2.05) is 0 Å². The van der Waals surface area contributed by atoms with Crippen molar-refractivity contribution in [3.8, 4) is 0 Å². The predicted molar refractivity (Wildman–Crippen MR) is 32.0 cm³/mol. The van der Waals surface area contributed by atoms with Gasteiger partial charge in [-0.05, 0) is 6.07 Å². The van der Waals surface area contributed by atoms with Gasteiger partial charge in [-0.15, -0.1) is 4.73 Å². The van der Waals surface area contributed by atoms with Crippen LogP contribution < -0.4 is 4.73 Å². The number of pyridine rings is 1. The standard InChI is InChI=1S/C5H3FN2O3/c6-4-1-2-5(8(10)11)7(9)3-4/h1-3H. The van der Waals surface area contributed by atoms with E-state index in [0.717, 1.165) is 12.1 Å². The van der Waals surface area contributed by atoms with Crippen molar-refractivity contribution in [3.63, 3.8) is 0 Å². The molecule has 1 rings (SSSR count). The Morgan fingerprint density at radius 2 is 2.18 bits per heavy atom. The fourth-order valence-electron chi connectivity index (χ4n) is 0.590. The second-order valence-electron chi connectivity index (χ2n) is 1.79. The molecule has 0 saturated heterocycles. The van der Waals surface area contributed by atoms with E-state index < -0.39 is 16.6 Å². The van der Waals surface area contributed by atoms with Gasteiger partial charge in [0.2, 0.25) is 6.20 Å². The number of aromatic nitrogens is 1. The van der Waals surface area contributed by atoms with Crippen molar-refractivity contribution in [2.24, 2.45) is 0 Å². The molecule has 0 fully saturated rings. The molecule has 0 N–H and O–H groups in total. The zero-order chi connectivity index (χ0) is 8.43. The Kier molecular flexibility index (Phi) is 1.67. The average molecular weight is 158 g/mol. The Morgan fingerprint density at radius 1 is 1.55 bits per heavy atom. The van der Waals surface area contributed by atoms with E-state index in [0.29, 0.717) is 6.20 Å². The van der Waals surface area contributed by atoms with Crippen molar-refractivity contribution >= 4 is 5.82 Å². The number of hydrogen-bond acceptors (Lipinski definition) is 3. The Bertz CT molecular complexity index is 302. The predicted octanol–water partition coefficient (Wildman–Crippen LogP) is 0.367. The summed E-state index contributed by atoms with van der Waals surface area (Å²) in [4.78, 5) is 9.11. The lowest BCUT2D eigenvalue weighted by atomic mass is 10.4. The maximum Gasteiger partial charge on any atom is 0.512 e. The molecule has 1 heterocycles. The van der Waals surface area contributed by atoms with Gasteiger partial charge in [0.1, 0.15) is 4.92 Å². The molecule has 11 heavy (non-hydrogen) atoms. The highest BCUT2D eigenvalue weighted by Gasteiger charge is 2.17. The van der Waals surface area contributed by atoms with Crippen molar-refractivity contribution in [2.75, 3.05) is 0 Å². The molecule has 0 unspecified atom stereocenters. The molecule has 0 saturated carbocycles. The number of nitrogens with zero attached hydrogens (tertiary/aromatic N) is 2. The molecule has 0 atom stereocenters. The van der Waals surface area contributed by atoms with Gasteiger partial charge in [-0.2, -0.15) is 0 Å². The van der Waals surface area contributed by atoms with Crippen LogP contribution in [0, 0.1) is 21.1 Å². The number of rotatable bonds is 1. The lowest BCUT2D eigenvalue weighted by Gasteiger charge is -1.94. The molecular formula is C5H3FN2O3. The minimum atomic E-state index is -0.882. The monoisotopic (exact) mass is 158 g/mol. The van der Waals surface area contributed by atoms with Crippen LogP contribution in [0.3, 0.4) is 0 Å². The lowest BCUT2D eigenvalue weighted by molar-refractivity contribution is -0.665. The number of hydrogen-bond donors (Lipinski definition) is 0. The first-order chi connectivity index (χ1) is 5.11. The van der Waals surface area contributed by atoms with Crippen LogP contribution in [0.2, 0.25) is 0 Å². The van der Waals surface area contributed by atoms with Crippen molar-refractivity contribution in [1.29, 1.82) is 0 Å². The van der Waals surface area contributed by atoms with Crippen LogP contribution in [-0.2, 0) is 0 Å². The maximum atomic E-state index is 12.2. The van der Waals surface area contributed by atoms with Crippen molar-refractivity contribution in [1.82, 2.24) is 0 Å². The molecule has 0 amide bonds. The molecule has 1 aromatic rings. The molecule has 0 radical (unpaired) electrons. The molecule has 1 aromatic heterocycles. The Labute approximate surface area is 60.4 Å². The second kappa shape index (κ2) is 2.49. The van der Waals surface area contributed by atoms with Gasteiger partial charge in [0.05, 0.1) is 6.07 Å². The van der Waals surface area contributed by atoms with Gasteiger partial charge in [0.25, 0.3) is 0 Å². The Hall–Kier alpha value is -1.72.